The maximum Gasteiger partial charge on any atom is 0.172 e. The fraction of sp³-hybridized carbons (Fsp3) is 0.318. The Balaban J connectivity index is 1.35. The van der Waals surface area contributed by atoms with E-state index in [1.54, 1.807) is 6.20 Å². The first-order chi connectivity index (χ1) is 15.9. The summed E-state index contributed by atoms with van der Waals surface area (Å²) in [6.45, 7) is -0.408. The molecule has 4 heterocycles. The fourth-order valence-corrected chi connectivity index (χ4v) is 3.84. The Morgan fingerprint density at radius 2 is 2.03 bits per heavy atom. The van der Waals surface area contributed by atoms with Crippen LogP contribution in [0.4, 0.5) is 0 Å². The molecule has 1 saturated heterocycles. The SMILES string of the molecule is [2H]C([2H])([2H])n1cc(-c2ccc3nnc(CC(=O)c4cnn(C5CCNCC5)c4)cc3c2)cn1. The first kappa shape index (κ1) is 15.4. The average Bonchev–Trinajstić information content (AvgIpc) is 3.49. The molecule has 1 fully saturated rings. The number of piperidine rings is 1. The third-order valence-electron chi connectivity index (χ3n) is 5.50. The van der Waals surface area contributed by atoms with Crippen molar-refractivity contribution in [2.45, 2.75) is 25.3 Å². The molecule has 1 aromatic carbocycles. The summed E-state index contributed by atoms with van der Waals surface area (Å²) in [5, 5.41) is 20.9. The van der Waals surface area contributed by atoms with Gasteiger partial charge in [-0.1, -0.05) is 6.07 Å². The summed E-state index contributed by atoms with van der Waals surface area (Å²) in [5.41, 5.74) is 3.33. The minimum atomic E-state index is -2.32. The van der Waals surface area contributed by atoms with Crippen LogP contribution >= 0.6 is 0 Å². The second kappa shape index (κ2) is 7.79. The number of aromatic nitrogens is 6. The van der Waals surface area contributed by atoms with Crippen LogP contribution in [0.5, 0.6) is 0 Å². The number of benzene rings is 1. The Morgan fingerprint density at radius 1 is 1.13 bits per heavy atom. The zero-order valence-corrected chi connectivity index (χ0v) is 16.3. The van der Waals surface area contributed by atoms with Gasteiger partial charge < -0.3 is 5.32 Å². The topological polar surface area (TPSA) is 90.5 Å². The highest BCUT2D eigenvalue weighted by Gasteiger charge is 2.18. The molecule has 1 N–H and O–H groups in total. The second-order valence-electron chi connectivity index (χ2n) is 7.57. The van der Waals surface area contributed by atoms with Gasteiger partial charge in [0.1, 0.15) is 0 Å². The van der Waals surface area contributed by atoms with Gasteiger partial charge in [0, 0.05) is 34.4 Å². The van der Waals surface area contributed by atoms with E-state index in [0.717, 1.165) is 41.6 Å². The monoisotopic (exact) mass is 404 g/mol. The van der Waals surface area contributed by atoms with E-state index in [-0.39, 0.29) is 12.2 Å². The van der Waals surface area contributed by atoms with Crippen LogP contribution in [-0.2, 0) is 13.4 Å². The Kier molecular flexibility index (Phi) is 4.01. The van der Waals surface area contributed by atoms with E-state index in [1.165, 1.54) is 12.4 Å². The van der Waals surface area contributed by atoms with Gasteiger partial charge in [-0.05, 0) is 49.7 Å². The highest BCUT2D eigenvalue weighted by atomic mass is 16.1. The number of rotatable bonds is 5. The summed E-state index contributed by atoms with van der Waals surface area (Å²) in [6.07, 6.45) is 8.59. The first-order valence-corrected chi connectivity index (χ1v) is 9.97. The average molecular weight is 404 g/mol. The maximum atomic E-state index is 12.8. The van der Waals surface area contributed by atoms with E-state index >= 15 is 0 Å². The zero-order chi connectivity index (χ0) is 23.0. The summed E-state index contributed by atoms with van der Waals surface area (Å²) in [7, 11) is 0. The van der Waals surface area contributed by atoms with Crippen LogP contribution in [0.2, 0.25) is 0 Å². The molecule has 0 amide bonds. The van der Waals surface area contributed by atoms with Crippen LogP contribution < -0.4 is 5.32 Å². The van der Waals surface area contributed by atoms with Crippen LogP contribution in [0.3, 0.4) is 0 Å². The van der Waals surface area contributed by atoms with E-state index in [4.69, 9.17) is 4.11 Å². The van der Waals surface area contributed by atoms with Crippen molar-refractivity contribution in [1.82, 2.24) is 35.1 Å². The molecule has 3 aromatic heterocycles. The van der Waals surface area contributed by atoms with E-state index in [0.29, 0.717) is 28.4 Å². The van der Waals surface area contributed by atoms with Crippen molar-refractivity contribution in [3.05, 3.63) is 60.3 Å². The number of carbonyl (C=O) groups is 1. The van der Waals surface area contributed by atoms with Crippen LogP contribution in [0.25, 0.3) is 22.0 Å². The van der Waals surface area contributed by atoms with E-state index in [2.05, 4.69) is 25.7 Å². The van der Waals surface area contributed by atoms with Gasteiger partial charge in [0.2, 0.25) is 0 Å². The van der Waals surface area contributed by atoms with Crippen LogP contribution in [0.1, 0.15) is 39.0 Å². The van der Waals surface area contributed by atoms with Crippen molar-refractivity contribution in [2.75, 3.05) is 13.1 Å². The largest absolute Gasteiger partial charge is 0.317 e. The number of aryl methyl sites for hydroxylation is 1. The molecule has 0 spiro atoms. The highest BCUT2D eigenvalue weighted by molar-refractivity contribution is 5.97. The molecule has 0 aliphatic carbocycles. The summed E-state index contributed by atoms with van der Waals surface area (Å²) in [4.78, 5) is 12.8. The van der Waals surface area contributed by atoms with Crippen molar-refractivity contribution < 1.29 is 8.91 Å². The van der Waals surface area contributed by atoms with Gasteiger partial charge in [0.15, 0.2) is 5.78 Å². The van der Waals surface area contributed by atoms with Crippen molar-refractivity contribution in [3.63, 3.8) is 0 Å². The maximum absolute atomic E-state index is 12.8. The second-order valence-corrected chi connectivity index (χ2v) is 7.57. The number of fused-ring (bicyclic) bond motifs is 1. The molecule has 152 valence electrons. The van der Waals surface area contributed by atoms with Gasteiger partial charge in [-0.2, -0.15) is 20.4 Å². The number of Topliss-reactive ketones (excluding diaryl/α,β-unsaturated/α-hetero) is 1. The Labute approximate surface area is 178 Å². The number of hydrogen-bond acceptors (Lipinski definition) is 6. The molecule has 8 nitrogen and oxygen atoms in total. The van der Waals surface area contributed by atoms with Crippen LogP contribution in [0, 0.1) is 0 Å². The lowest BCUT2D eigenvalue weighted by molar-refractivity contribution is 0.0991. The van der Waals surface area contributed by atoms with Crippen molar-refractivity contribution in [3.8, 4) is 11.1 Å². The minimum Gasteiger partial charge on any atom is -0.317 e. The van der Waals surface area contributed by atoms with E-state index in [1.807, 2.05) is 35.1 Å². The summed E-state index contributed by atoms with van der Waals surface area (Å²) < 4.78 is 25.3. The number of hydrogen-bond donors (Lipinski definition) is 1. The molecular weight excluding hydrogens is 378 g/mol. The fourth-order valence-electron chi connectivity index (χ4n) is 3.84. The minimum absolute atomic E-state index is 0.0565. The number of ketones is 1. The molecular formula is C22H23N7O. The summed E-state index contributed by atoms with van der Waals surface area (Å²) in [6, 6.07) is 7.72. The Morgan fingerprint density at radius 3 is 2.87 bits per heavy atom. The predicted octanol–water partition coefficient (Wildman–Crippen LogP) is 2.58. The molecule has 0 bridgehead atoms. The Bertz CT molecular complexity index is 1300. The molecule has 4 aromatic rings. The third-order valence-corrected chi connectivity index (χ3v) is 5.50. The molecule has 30 heavy (non-hydrogen) atoms. The van der Waals surface area contributed by atoms with Crippen molar-refractivity contribution >= 4 is 16.7 Å². The molecule has 0 unspecified atom stereocenters. The quantitative estimate of drug-likeness (QED) is 0.514. The van der Waals surface area contributed by atoms with Gasteiger partial charge in [0.05, 0.1) is 41.6 Å². The molecule has 5 rings (SSSR count). The van der Waals surface area contributed by atoms with Gasteiger partial charge in [-0.25, -0.2) is 0 Å². The third kappa shape index (κ3) is 3.73. The van der Waals surface area contributed by atoms with Gasteiger partial charge in [0.25, 0.3) is 0 Å². The number of carbonyl (C=O) groups excluding carboxylic acids is 1. The lowest BCUT2D eigenvalue weighted by atomic mass is 10.0. The van der Waals surface area contributed by atoms with Crippen molar-refractivity contribution in [1.29, 1.82) is 0 Å². The van der Waals surface area contributed by atoms with E-state index < -0.39 is 6.98 Å². The molecule has 0 radical (unpaired) electrons. The molecule has 0 atom stereocenters. The molecule has 8 heteroatoms. The zero-order valence-electron chi connectivity index (χ0n) is 19.3. The molecule has 1 aliphatic heterocycles. The van der Waals surface area contributed by atoms with Crippen molar-refractivity contribution in [2.24, 2.45) is 6.98 Å². The summed E-state index contributed by atoms with van der Waals surface area (Å²) in [5.74, 6) is -0.0565. The summed E-state index contributed by atoms with van der Waals surface area (Å²) >= 11 is 0. The lowest BCUT2D eigenvalue weighted by Crippen LogP contribution is -2.29. The number of nitrogens with zero attached hydrogens (tertiary/aromatic N) is 6. The van der Waals surface area contributed by atoms with Gasteiger partial charge in [-0.15, -0.1) is 0 Å². The van der Waals surface area contributed by atoms with Crippen LogP contribution in [0.15, 0.2) is 49.1 Å². The van der Waals surface area contributed by atoms with E-state index in [9.17, 15) is 4.79 Å². The van der Waals surface area contributed by atoms with Gasteiger partial charge >= 0.3 is 0 Å². The molecule has 1 aliphatic rings. The van der Waals surface area contributed by atoms with Gasteiger partial charge in [-0.3, -0.25) is 14.2 Å². The standard InChI is InChI=1S/C22H23N7O/c1-28-13-17(11-24-28)15-2-3-21-16(8-15)9-19(26-27-21)10-22(30)18-12-25-29(14-18)20-4-6-23-7-5-20/h2-3,8-9,11-14,20,23H,4-7,10H2,1H3/i1D3. The predicted molar refractivity (Wildman–Crippen MR) is 113 cm³/mol. The number of nitrogens with one attached hydrogen (secondary N) is 1. The highest BCUT2D eigenvalue weighted by Crippen LogP contribution is 2.24. The molecule has 0 saturated carbocycles. The lowest BCUT2D eigenvalue weighted by Gasteiger charge is -2.22. The Hall–Kier alpha value is -3.39. The van der Waals surface area contributed by atoms with Crippen LogP contribution in [-0.4, -0.2) is 48.6 Å². The smallest absolute Gasteiger partial charge is 0.172 e. The first-order valence-electron chi connectivity index (χ1n) is 11.5. The normalized spacial score (nSPS) is 16.9.